The Labute approximate surface area is 133 Å². The normalized spacial score (nSPS) is 15.5. The maximum Gasteiger partial charge on any atom is 0.252 e. The number of hydrogen-bond acceptors (Lipinski definition) is 4. The molecule has 23 heavy (non-hydrogen) atoms. The molecule has 1 aliphatic carbocycles. The number of hydrogen-bond donors (Lipinski definition) is 1. The number of nitrogens with zero attached hydrogens (tertiary/aromatic N) is 4. The van der Waals surface area contributed by atoms with E-state index in [1.165, 1.54) is 0 Å². The van der Waals surface area contributed by atoms with Crippen molar-refractivity contribution >= 4 is 11.6 Å². The van der Waals surface area contributed by atoms with Gasteiger partial charge in [0.25, 0.3) is 5.91 Å². The molecule has 3 heterocycles. The molecule has 0 aromatic carbocycles. The van der Waals surface area contributed by atoms with Crippen LogP contribution in [-0.4, -0.2) is 25.3 Å². The minimum absolute atomic E-state index is 0.113. The summed E-state index contributed by atoms with van der Waals surface area (Å²) in [4.78, 5) is 25.7. The van der Waals surface area contributed by atoms with Gasteiger partial charge in [0.2, 0.25) is 0 Å². The van der Waals surface area contributed by atoms with Crippen LogP contribution in [0.1, 0.15) is 40.8 Å². The molecule has 0 spiro atoms. The second kappa shape index (κ2) is 5.46. The molecule has 0 saturated heterocycles. The zero-order valence-corrected chi connectivity index (χ0v) is 12.8. The summed E-state index contributed by atoms with van der Waals surface area (Å²) < 4.78 is 1.87. The van der Waals surface area contributed by atoms with Gasteiger partial charge in [-0.3, -0.25) is 4.79 Å². The summed E-state index contributed by atoms with van der Waals surface area (Å²) in [5.74, 6) is 1.01. The van der Waals surface area contributed by atoms with Gasteiger partial charge in [0, 0.05) is 36.0 Å². The van der Waals surface area contributed by atoms with Crippen LogP contribution < -0.4 is 5.32 Å². The molecule has 6 heteroatoms. The smallest absolute Gasteiger partial charge is 0.252 e. The first-order valence-electron chi connectivity index (χ1n) is 7.74. The molecule has 1 saturated carbocycles. The van der Waals surface area contributed by atoms with E-state index in [1.807, 2.05) is 29.8 Å². The second-order valence-electron chi connectivity index (χ2n) is 5.95. The van der Waals surface area contributed by atoms with E-state index in [9.17, 15) is 4.79 Å². The van der Waals surface area contributed by atoms with E-state index in [0.29, 0.717) is 17.3 Å². The van der Waals surface area contributed by atoms with Crippen molar-refractivity contribution in [1.82, 2.24) is 24.7 Å². The molecule has 1 amide bonds. The number of carbonyl (C=O) groups excluding carboxylic acids is 1. The Morgan fingerprint density at radius 3 is 2.91 bits per heavy atom. The Balaban J connectivity index is 1.60. The average molecular weight is 307 g/mol. The van der Waals surface area contributed by atoms with Crippen LogP contribution in [0.15, 0.2) is 43.0 Å². The van der Waals surface area contributed by atoms with Crippen LogP contribution in [0, 0.1) is 12.8 Å². The van der Waals surface area contributed by atoms with Gasteiger partial charge in [0.15, 0.2) is 5.82 Å². The molecule has 0 radical (unpaired) electrons. The summed E-state index contributed by atoms with van der Waals surface area (Å²) in [5, 5.41) is 3.09. The molecule has 0 aliphatic heterocycles. The number of aromatic nitrogens is 4. The summed E-state index contributed by atoms with van der Waals surface area (Å²) in [6.45, 7) is 1.93. The van der Waals surface area contributed by atoms with E-state index < -0.39 is 0 Å². The summed E-state index contributed by atoms with van der Waals surface area (Å²) >= 11 is 0. The molecule has 1 N–H and O–H groups in total. The highest BCUT2D eigenvalue weighted by Crippen LogP contribution is 2.40. The maximum atomic E-state index is 12.6. The third-order valence-corrected chi connectivity index (χ3v) is 4.13. The van der Waals surface area contributed by atoms with Crippen LogP contribution >= 0.6 is 0 Å². The van der Waals surface area contributed by atoms with Gasteiger partial charge in [-0.1, -0.05) is 0 Å². The highest BCUT2D eigenvalue weighted by molar-refractivity contribution is 5.95. The van der Waals surface area contributed by atoms with E-state index in [-0.39, 0.29) is 11.9 Å². The fraction of sp³-hybridized carbons (Fsp3) is 0.294. The summed E-state index contributed by atoms with van der Waals surface area (Å²) in [6, 6.07) is 5.32. The zero-order valence-electron chi connectivity index (χ0n) is 12.8. The molecule has 116 valence electrons. The molecule has 0 unspecified atom stereocenters. The quantitative estimate of drug-likeness (QED) is 0.803. The van der Waals surface area contributed by atoms with Gasteiger partial charge in [-0.2, -0.15) is 0 Å². The fourth-order valence-electron chi connectivity index (χ4n) is 2.72. The van der Waals surface area contributed by atoms with Gasteiger partial charge in [0.1, 0.15) is 5.65 Å². The number of carbonyl (C=O) groups is 1. The largest absolute Gasteiger partial charge is 0.342 e. The topological polar surface area (TPSA) is 72.2 Å². The molecule has 4 rings (SSSR count). The lowest BCUT2D eigenvalue weighted by molar-refractivity contribution is 0.0929. The van der Waals surface area contributed by atoms with Gasteiger partial charge in [-0.05, 0) is 43.9 Å². The monoisotopic (exact) mass is 307 g/mol. The van der Waals surface area contributed by atoms with E-state index >= 15 is 0 Å². The number of amides is 1. The molecule has 3 aromatic rings. The van der Waals surface area contributed by atoms with Crippen LogP contribution in [-0.2, 0) is 0 Å². The molecule has 1 atom stereocenters. The summed E-state index contributed by atoms with van der Waals surface area (Å²) in [5.41, 5.74) is 2.27. The Kier molecular flexibility index (Phi) is 3.29. The molecular formula is C17H17N5O. The number of nitrogens with one attached hydrogen (secondary N) is 1. The molecule has 1 fully saturated rings. The fourth-order valence-corrected chi connectivity index (χ4v) is 2.72. The first-order chi connectivity index (χ1) is 11.2. The Hall–Kier alpha value is -2.76. The van der Waals surface area contributed by atoms with Gasteiger partial charge in [-0.15, -0.1) is 0 Å². The second-order valence-corrected chi connectivity index (χ2v) is 5.95. The predicted octanol–water partition coefficient (Wildman–Crippen LogP) is 2.31. The minimum Gasteiger partial charge on any atom is -0.342 e. The van der Waals surface area contributed by atoms with Gasteiger partial charge in [-0.25, -0.2) is 15.0 Å². The van der Waals surface area contributed by atoms with E-state index in [4.69, 9.17) is 0 Å². The van der Waals surface area contributed by atoms with Gasteiger partial charge in [0.05, 0.1) is 6.04 Å². The highest BCUT2D eigenvalue weighted by Gasteiger charge is 2.35. The predicted molar refractivity (Wildman–Crippen MR) is 84.9 cm³/mol. The number of imidazole rings is 1. The summed E-state index contributed by atoms with van der Waals surface area (Å²) in [6.07, 6.45) is 9.35. The highest BCUT2D eigenvalue weighted by atomic mass is 16.1. The third kappa shape index (κ3) is 2.79. The van der Waals surface area contributed by atoms with Crippen molar-refractivity contribution in [3.63, 3.8) is 0 Å². The van der Waals surface area contributed by atoms with Crippen molar-refractivity contribution in [2.24, 2.45) is 5.92 Å². The lowest BCUT2D eigenvalue weighted by atomic mass is 10.1. The van der Waals surface area contributed by atoms with Crippen molar-refractivity contribution in [3.05, 3.63) is 60.1 Å². The zero-order chi connectivity index (χ0) is 15.8. The minimum atomic E-state index is -0.127. The van der Waals surface area contributed by atoms with Crippen molar-refractivity contribution in [3.8, 4) is 0 Å². The Morgan fingerprint density at radius 2 is 2.13 bits per heavy atom. The van der Waals surface area contributed by atoms with Crippen LogP contribution in [0.2, 0.25) is 0 Å². The standard InChI is InChI=1S/C17H17N5O/c1-11-4-6-19-16(20-11)15(12-2-3-12)21-17(23)13-5-8-22-9-7-18-14(22)10-13/h4-10,12,15H,2-3H2,1H3,(H,21,23)/t15-/m0/s1. The third-order valence-electron chi connectivity index (χ3n) is 4.13. The number of pyridine rings is 1. The maximum absolute atomic E-state index is 12.6. The van der Waals surface area contributed by atoms with Crippen molar-refractivity contribution in [1.29, 1.82) is 0 Å². The molecule has 1 aliphatic rings. The molecular weight excluding hydrogens is 290 g/mol. The van der Waals surface area contributed by atoms with E-state index in [1.54, 1.807) is 24.5 Å². The van der Waals surface area contributed by atoms with Crippen LogP contribution in [0.25, 0.3) is 5.65 Å². The van der Waals surface area contributed by atoms with E-state index in [0.717, 1.165) is 24.2 Å². The molecule has 6 nitrogen and oxygen atoms in total. The average Bonchev–Trinajstić information content (AvgIpc) is 3.28. The SMILES string of the molecule is Cc1ccnc([C@@H](NC(=O)c2ccn3ccnc3c2)C2CC2)n1. The lowest BCUT2D eigenvalue weighted by Gasteiger charge is -2.17. The Morgan fingerprint density at radius 1 is 1.26 bits per heavy atom. The lowest BCUT2D eigenvalue weighted by Crippen LogP contribution is -2.31. The van der Waals surface area contributed by atoms with Crippen LogP contribution in [0.4, 0.5) is 0 Å². The molecule has 3 aromatic heterocycles. The van der Waals surface area contributed by atoms with Crippen LogP contribution in [0.5, 0.6) is 0 Å². The van der Waals surface area contributed by atoms with Crippen molar-refractivity contribution in [2.75, 3.05) is 0 Å². The van der Waals surface area contributed by atoms with Crippen LogP contribution in [0.3, 0.4) is 0 Å². The molecule has 0 bridgehead atoms. The first-order valence-corrected chi connectivity index (χ1v) is 7.74. The summed E-state index contributed by atoms with van der Waals surface area (Å²) in [7, 11) is 0. The Bertz CT molecular complexity index is 868. The van der Waals surface area contributed by atoms with Crippen molar-refractivity contribution in [2.45, 2.75) is 25.8 Å². The van der Waals surface area contributed by atoms with E-state index in [2.05, 4.69) is 20.3 Å². The van der Waals surface area contributed by atoms with Gasteiger partial charge >= 0.3 is 0 Å². The number of aryl methyl sites for hydroxylation is 1. The number of fused-ring (bicyclic) bond motifs is 1. The van der Waals surface area contributed by atoms with Crippen molar-refractivity contribution < 1.29 is 4.79 Å². The number of rotatable bonds is 4. The van der Waals surface area contributed by atoms with Gasteiger partial charge < -0.3 is 9.72 Å². The first kappa shape index (κ1) is 13.9.